The molecular weight excluding hydrogens is 172 g/mol. The molecule has 0 bridgehead atoms. The molecule has 0 fully saturated rings. The van der Waals surface area contributed by atoms with E-state index in [0.717, 1.165) is 6.42 Å². The Hall–Kier alpha value is 0.130. The van der Waals surface area contributed by atoms with Crippen LogP contribution in [0.3, 0.4) is 0 Å². The molecule has 0 aromatic carbocycles. The maximum Gasteiger partial charge on any atom is 0.221 e. The molecule has 0 heterocycles. The van der Waals surface area contributed by atoms with E-state index >= 15 is 0 Å². The van der Waals surface area contributed by atoms with Gasteiger partial charge >= 0.3 is 0 Å². The van der Waals surface area contributed by atoms with Gasteiger partial charge in [-0.05, 0) is 13.3 Å². The molecule has 4 nitrogen and oxygen atoms in total. The van der Waals surface area contributed by atoms with E-state index < -0.39 is 11.9 Å². The summed E-state index contributed by atoms with van der Waals surface area (Å²) in [5, 5.41) is 8.03. The second-order valence-corrected chi connectivity index (χ2v) is 2.55. The summed E-state index contributed by atoms with van der Waals surface area (Å²) in [5.74, 6) is 0. The fourth-order valence-electron chi connectivity index (χ4n) is 0.431. The topological polar surface area (TPSA) is 47.9 Å². The second-order valence-electron chi connectivity index (χ2n) is 2.06. The first-order valence-corrected chi connectivity index (χ1v) is 3.90. The van der Waals surface area contributed by atoms with Crippen LogP contribution < -0.4 is 0 Å². The summed E-state index contributed by atoms with van der Waals surface area (Å²) in [5.41, 5.74) is -0.488. The average molecular weight is 185 g/mol. The van der Waals surface area contributed by atoms with E-state index in [1.54, 1.807) is 0 Å². The Morgan fingerprint density at radius 3 is 2.55 bits per heavy atom. The van der Waals surface area contributed by atoms with E-state index in [9.17, 15) is 0 Å². The fourth-order valence-corrected chi connectivity index (χ4v) is 0.691. The van der Waals surface area contributed by atoms with Gasteiger partial charge in [0.2, 0.25) is 6.29 Å². The monoisotopic (exact) mass is 184 g/mol. The lowest BCUT2D eigenvalue weighted by Gasteiger charge is -2.11. The van der Waals surface area contributed by atoms with Gasteiger partial charge in [-0.25, -0.2) is 19.9 Å². The van der Waals surface area contributed by atoms with Gasteiger partial charge in [-0.2, -0.15) is 0 Å². The minimum Gasteiger partial charge on any atom is -0.249 e. The summed E-state index contributed by atoms with van der Waals surface area (Å²) in [6.07, 6.45) is 0.791. The molecule has 5 heteroatoms. The predicted molar refractivity (Wildman–Crippen MR) is 39.9 cm³/mol. The van der Waals surface area contributed by atoms with Crippen molar-refractivity contribution in [3.63, 3.8) is 0 Å². The lowest BCUT2D eigenvalue weighted by atomic mass is 10.4. The first kappa shape index (κ1) is 11.1. The highest BCUT2D eigenvalue weighted by Gasteiger charge is 2.07. The zero-order valence-electron chi connectivity index (χ0n) is 6.62. The van der Waals surface area contributed by atoms with Gasteiger partial charge in [0.25, 0.3) is 0 Å². The standard InChI is InChI=1S/C6H13ClO4/c1-3-4-6(7)11-10-5(2)9-8/h5-6,8H,3-4H2,1-2H3. The maximum atomic E-state index is 8.03. The number of rotatable bonds is 6. The lowest BCUT2D eigenvalue weighted by Crippen LogP contribution is -2.15. The Balaban J connectivity index is 3.22. The fraction of sp³-hybridized carbons (Fsp3) is 1.00. The van der Waals surface area contributed by atoms with Crippen LogP contribution >= 0.6 is 11.6 Å². The third-order valence-electron chi connectivity index (χ3n) is 0.960. The molecule has 0 radical (unpaired) electrons. The smallest absolute Gasteiger partial charge is 0.221 e. The van der Waals surface area contributed by atoms with Gasteiger partial charge in [0.1, 0.15) is 0 Å². The Labute approximate surface area is 70.9 Å². The van der Waals surface area contributed by atoms with Crippen molar-refractivity contribution < 1.29 is 19.9 Å². The normalized spacial score (nSPS) is 16.4. The highest BCUT2D eigenvalue weighted by Crippen LogP contribution is 2.08. The SMILES string of the molecule is CCCC(Cl)OOC(C)OO. The Bertz CT molecular complexity index is 90.7. The molecule has 1 N–H and O–H groups in total. The largest absolute Gasteiger partial charge is 0.249 e. The van der Waals surface area contributed by atoms with Crippen LogP contribution in [0.15, 0.2) is 0 Å². The van der Waals surface area contributed by atoms with Crippen LogP contribution in [0.25, 0.3) is 0 Å². The minimum atomic E-state index is -0.812. The van der Waals surface area contributed by atoms with Gasteiger partial charge in [-0.3, -0.25) is 0 Å². The van der Waals surface area contributed by atoms with Gasteiger partial charge in [-0.15, -0.1) is 0 Å². The van der Waals surface area contributed by atoms with Crippen LogP contribution in [-0.4, -0.2) is 17.1 Å². The number of alkyl halides is 1. The molecular formula is C6H13ClO4. The quantitative estimate of drug-likeness (QED) is 0.297. The van der Waals surface area contributed by atoms with Crippen LogP contribution in [0.5, 0.6) is 0 Å². The highest BCUT2D eigenvalue weighted by molar-refractivity contribution is 6.19. The van der Waals surface area contributed by atoms with Crippen molar-refractivity contribution in [3.05, 3.63) is 0 Å². The van der Waals surface area contributed by atoms with E-state index in [-0.39, 0.29) is 0 Å². The Morgan fingerprint density at radius 1 is 1.45 bits per heavy atom. The van der Waals surface area contributed by atoms with Crippen molar-refractivity contribution in [2.24, 2.45) is 0 Å². The molecule has 0 saturated carbocycles. The number of halogens is 1. The molecule has 68 valence electrons. The van der Waals surface area contributed by atoms with Crippen LogP contribution in [0, 0.1) is 0 Å². The van der Waals surface area contributed by atoms with E-state index in [0.29, 0.717) is 6.42 Å². The minimum absolute atomic E-state index is 0.488. The summed E-state index contributed by atoms with van der Waals surface area (Å²) in [7, 11) is 0. The van der Waals surface area contributed by atoms with E-state index in [1.807, 2.05) is 6.92 Å². The summed E-state index contributed by atoms with van der Waals surface area (Å²) in [6, 6.07) is 0. The van der Waals surface area contributed by atoms with Crippen LogP contribution in [0.1, 0.15) is 26.7 Å². The summed E-state index contributed by atoms with van der Waals surface area (Å²) < 4.78 is 0. The third-order valence-corrected chi connectivity index (χ3v) is 1.25. The first-order valence-electron chi connectivity index (χ1n) is 3.47. The molecule has 0 aromatic rings. The van der Waals surface area contributed by atoms with Crippen LogP contribution in [0.4, 0.5) is 0 Å². The average Bonchev–Trinajstić information content (AvgIpc) is 2.01. The lowest BCUT2D eigenvalue weighted by molar-refractivity contribution is -0.447. The van der Waals surface area contributed by atoms with Gasteiger partial charge in [-0.1, -0.05) is 24.9 Å². The number of hydrogen-bond donors (Lipinski definition) is 1. The van der Waals surface area contributed by atoms with E-state index in [1.165, 1.54) is 6.92 Å². The molecule has 0 aliphatic heterocycles. The molecule has 0 saturated heterocycles. The van der Waals surface area contributed by atoms with Gasteiger partial charge in [0.15, 0.2) is 5.56 Å². The van der Waals surface area contributed by atoms with Crippen LogP contribution in [-0.2, 0) is 14.7 Å². The van der Waals surface area contributed by atoms with Crippen molar-refractivity contribution in [2.75, 3.05) is 0 Å². The van der Waals surface area contributed by atoms with Gasteiger partial charge in [0.05, 0.1) is 0 Å². The number of hydrogen-bond acceptors (Lipinski definition) is 4. The molecule has 0 aliphatic carbocycles. The third kappa shape index (κ3) is 6.52. The predicted octanol–water partition coefficient (Wildman–Crippen LogP) is 2.14. The van der Waals surface area contributed by atoms with Crippen molar-refractivity contribution in [3.8, 4) is 0 Å². The van der Waals surface area contributed by atoms with Gasteiger partial charge < -0.3 is 0 Å². The Kier molecular flexibility index (Phi) is 6.90. The van der Waals surface area contributed by atoms with Crippen molar-refractivity contribution >= 4 is 11.6 Å². The summed E-state index contributed by atoms with van der Waals surface area (Å²) in [6.45, 7) is 3.46. The molecule has 0 amide bonds. The van der Waals surface area contributed by atoms with E-state index in [4.69, 9.17) is 16.9 Å². The molecule has 2 atom stereocenters. The zero-order chi connectivity index (χ0) is 8.69. The maximum absolute atomic E-state index is 8.03. The second kappa shape index (κ2) is 6.82. The van der Waals surface area contributed by atoms with Crippen molar-refractivity contribution in [1.29, 1.82) is 0 Å². The zero-order valence-corrected chi connectivity index (χ0v) is 7.37. The molecule has 0 aromatic heterocycles. The van der Waals surface area contributed by atoms with Gasteiger partial charge in [0, 0.05) is 0 Å². The van der Waals surface area contributed by atoms with Crippen LogP contribution in [0.2, 0.25) is 0 Å². The molecule has 0 aliphatic rings. The first-order chi connectivity index (χ1) is 5.20. The molecule has 11 heavy (non-hydrogen) atoms. The molecule has 0 rings (SSSR count). The molecule has 2 unspecified atom stereocenters. The van der Waals surface area contributed by atoms with Crippen molar-refractivity contribution in [1.82, 2.24) is 0 Å². The summed E-state index contributed by atoms with van der Waals surface area (Å²) >= 11 is 5.60. The highest BCUT2D eigenvalue weighted by atomic mass is 35.5. The Morgan fingerprint density at radius 2 is 2.09 bits per heavy atom. The van der Waals surface area contributed by atoms with Crippen molar-refractivity contribution in [2.45, 2.75) is 38.5 Å². The summed E-state index contributed by atoms with van der Waals surface area (Å²) in [4.78, 5) is 12.9. The molecule has 0 spiro atoms. The van der Waals surface area contributed by atoms with E-state index in [2.05, 4.69) is 14.7 Å².